The van der Waals surface area contributed by atoms with Crippen LogP contribution in [0.5, 0.6) is 0 Å². The number of rotatable bonds is 5. The Morgan fingerprint density at radius 2 is 1.77 bits per heavy atom. The molecule has 0 aliphatic carbocycles. The van der Waals surface area contributed by atoms with E-state index >= 15 is 0 Å². The zero-order valence-corrected chi connectivity index (χ0v) is 8.66. The van der Waals surface area contributed by atoms with Gasteiger partial charge in [-0.05, 0) is 6.42 Å². The van der Waals surface area contributed by atoms with E-state index in [0.29, 0.717) is 0 Å². The fourth-order valence-corrected chi connectivity index (χ4v) is 1.57. The van der Waals surface area contributed by atoms with Gasteiger partial charge in [0.25, 0.3) is 0 Å². The van der Waals surface area contributed by atoms with Crippen molar-refractivity contribution in [1.82, 2.24) is 9.96 Å². The third-order valence-electron chi connectivity index (χ3n) is 2.41. The van der Waals surface area contributed by atoms with Crippen molar-refractivity contribution in [2.24, 2.45) is 0 Å². The average Bonchev–Trinajstić information content (AvgIpc) is 2.19. The number of hydroxylamine groups is 2. The maximum atomic E-state index is 5.15. The second kappa shape index (κ2) is 6.32. The van der Waals surface area contributed by atoms with Gasteiger partial charge in [-0.2, -0.15) is 5.06 Å². The van der Waals surface area contributed by atoms with E-state index in [9.17, 15) is 0 Å². The molecule has 13 heavy (non-hydrogen) atoms. The summed E-state index contributed by atoms with van der Waals surface area (Å²) in [5, 5.41) is 2.01. The fourth-order valence-electron chi connectivity index (χ4n) is 1.57. The van der Waals surface area contributed by atoms with E-state index in [0.717, 1.165) is 45.8 Å². The minimum atomic E-state index is 0.866. The summed E-state index contributed by atoms with van der Waals surface area (Å²) in [6, 6.07) is 0. The van der Waals surface area contributed by atoms with Crippen molar-refractivity contribution < 1.29 is 9.57 Å². The molecule has 78 valence electrons. The van der Waals surface area contributed by atoms with E-state index < -0.39 is 0 Å². The fraction of sp³-hybridized carbons (Fsp3) is 1.00. The first-order valence-corrected chi connectivity index (χ1v) is 4.87. The van der Waals surface area contributed by atoms with E-state index in [1.807, 2.05) is 5.06 Å². The molecule has 4 heteroatoms. The maximum absolute atomic E-state index is 5.15. The van der Waals surface area contributed by atoms with Crippen LogP contribution in [0.2, 0.25) is 0 Å². The van der Waals surface area contributed by atoms with Crippen LogP contribution in [0.1, 0.15) is 6.42 Å². The summed E-state index contributed by atoms with van der Waals surface area (Å²) in [5.74, 6) is 0. The Labute approximate surface area is 80.4 Å². The van der Waals surface area contributed by atoms with Gasteiger partial charge in [-0.25, -0.2) is 0 Å². The molecule has 0 spiro atoms. The Morgan fingerprint density at radius 1 is 1.08 bits per heavy atom. The van der Waals surface area contributed by atoms with Gasteiger partial charge in [-0.3, -0.25) is 0 Å². The molecular formula is C9H20N2O2. The van der Waals surface area contributed by atoms with Crippen molar-refractivity contribution in [3.05, 3.63) is 0 Å². The highest BCUT2D eigenvalue weighted by atomic mass is 16.7. The average molecular weight is 188 g/mol. The van der Waals surface area contributed by atoms with Crippen LogP contribution in [0.3, 0.4) is 0 Å². The molecule has 1 fully saturated rings. The molecule has 0 aromatic heterocycles. The van der Waals surface area contributed by atoms with Gasteiger partial charge < -0.3 is 14.5 Å². The number of hydrogen-bond acceptors (Lipinski definition) is 4. The third-order valence-corrected chi connectivity index (χ3v) is 2.41. The molecule has 0 N–H and O–H groups in total. The quantitative estimate of drug-likeness (QED) is 0.576. The molecule has 0 bridgehead atoms. The van der Waals surface area contributed by atoms with Crippen LogP contribution in [0, 0.1) is 0 Å². The van der Waals surface area contributed by atoms with Crippen LogP contribution in [0.4, 0.5) is 0 Å². The molecule has 0 aromatic rings. The second-order valence-corrected chi connectivity index (χ2v) is 3.30. The molecule has 1 aliphatic rings. The minimum Gasteiger partial charge on any atom is -0.385 e. The maximum Gasteiger partial charge on any atom is 0.0575 e. The summed E-state index contributed by atoms with van der Waals surface area (Å²) in [5.41, 5.74) is 0. The number of nitrogens with zero attached hydrogens (tertiary/aromatic N) is 2. The number of methoxy groups -OCH3 is 1. The molecule has 0 saturated carbocycles. The van der Waals surface area contributed by atoms with Gasteiger partial charge in [0.2, 0.25) is 0 Å². The summed E-state index contributed by atoms with van der Waals surface area (Å²) >= 11 is 0. The molecule has 0 unspecified atom stereocenters. The van der Waals surface area contributed by atoms with Crippen LogP contribution in [0.25, 0.3) is 0 Å². The molecule has 0 aromatic carbocycles. The van der Waals surface area contributed by atoms with Crippen molar-refractivity contribution >= 4 is 0 Å². The van der Waals surface area contributed by atoms with Crippen LogP contribution in [-0.2, 0) is 9.57 Å². The first kappa shape index (κ1) is 10.9. The lowest BCUT2D eigenvalue weighted by Crippen LogP contribution is -2.46. The third kappa shape index (κ3) is 4.04. The molecule has 1 rings (SSSR count). The van der Waals surface area contributed by atoms with Crippen LogP contribution in [0.15, 0.2) is 0 Å². The van der Waals surface area contributed by atoms with Crippen molar-refractivity contribution in [3.8, 4) is 0 Å². The SMILES string of the molecule is COCCCN1CCN(OC)CC1. The minimum absolute atomic E-state index is 0.866. The summed E-state index contributed by atoms with van der Waals surface area (Å²) < 4.78 is 5.01. The summed E-state index contributed by atoms with van der Waals surface area (Å²) in [6.45, 7) is 6.26. The molecule has 4 nitrogen and oxygen atoms in total. The largest absolute Gasteiger partial charge is 0.385 e. The lowest BCUT2D eigenvalue weighted by molar-refractivity contribution is -0.151. The van der Waals surface area contributed by atoms with Crippen molar-refractivity contribution in [2.75, 3.05) is 53.6 Å². The standard InChI is InChI=1S/C9H20N2O2/c1-12-9-3-4-10-5-7-11(13-2)8-6-10/h3-9H2,1-2H3. The Kier molecular flexibility index (Phi) is 5.31. The highest BCUT2D eigenvalue weighted by Crippen LogP contribution is 2.01. The van der Waals surface area contributed by atoms with Gasteiger partial charge >= 0.3 is 0 Å². The van der Waals surface area contributed by atoms with E-state index in [1.165, 1.54) is 0 Å². The topological polar surface area (TPSA) is 24.9 Å². The monoisotopic (exact) mass is 188 g/mol. The van der Waals surface area contributed by atoms with Gasteiger partial charge in [0, 0.05) is 46.4 Å². The van der Waals surface area contributed by atoms with E-state index in [1.54, 1.807) is 14.2 Å². The van der Waals surface area contributed by atoms with Gasteiger partial charge in [0.1, 0.15) is 0 Å². The predicted octanol–water partition coefficient (Wildman–Crippen LogP) is 0.202. The van der Waals surface area contributed by atoms with Gasteiger partial charge in [0.05, 0.1) is 7.11 Å². The van der Waals surface area contributed by atoms with E-state index in [4.69, 9.17) is 9.57 Å². The van der Waals surface area contributed by atoms with Crippen molar-refractivity contribution in [2.45, 2.75) is 6.42 Å². The Hall–Kier alpha value is -0.160. The summed E-state index contributed by atoms with van der Waals surface area (Å²) in [7, 11) is 3.49. The Bertz CT molecular complexity index is 122. The lowest BCUT2D eigenvalue weighted by atomic mass is 10.3. The van der Waals surface area contributed by atoms with Crippen molar-refractivity contribution in [1.29, 1.82) is 0 Å². The molecule has 1 saturated heterocycles. The van der Waals surface area contributed by atoms with Crippen molar-refractivity contribution in [3.63, 3.8) is 0 Å². The zero-order chi connectivity index (χ0) is 9.52. The number of hydrogen-bond donors (Lipinski definition) is 0. The summed E-state index contributed by atoms with van der Waals surface area (Å²) in [6.07, 6.45) is 1.13. The molecule has 0 amide bonds. The first-order valence-electron chi connectivity index (χ1n) is 4.87. The Morgan fingerprint density at radius 3 is 2.31 bits per heavy atom. The van der Waals surface area contributed by atoms with Crippen LogP contribution < -0.4 is 0 Å². The van der Waals surface area contributed by atoms with E-state index in [2.05, 4.69) is 4.90 Å². The van der Waals surface area contributed by atoms with Crippen LogP contribution >= 0.6 is 0 Å². The molecule has 0 radical (unpaired) electrons. The van der Waals surface area contributed by atoms with E-state index in [-0.39, 0.29) is 0 Å². The normalized spacial score (nSPS) is 20.8. The highest BCUT2D eigenvalue weighted by molar-refractivity contribution is 4.66. The molecule has 0 atom stereocenters. The predicted molar refractivity (Wildman–Crippen MR) is 51.5 cm³/mol. The molecular weight excluding hydrogens is 168 g/mol. The zero-order valence-electron chi connectivity index (χ0n) is 8.66. The smallest absolute Gasteiger partial charge is 0.0575 e. The molecule has 1 aliphatic heterocycles. The molecule has 1 heterocycles. The highest BCUT2D eigenvalue weighted by Gasteiger charge is 2.15. The number of ether oxygens (including phenoxy) is 1. The second-order valence-electron chi connectivity index (χ2n) is 3.30. The lowest BCUT2D eigenvalue weighted by Gasteiger charge is -2.32. The number of piperazine rings is 1. The Balaban J connectivity index is 2.03. The summed E-state index contributed by atoms with van der Waals surface area (Å²) in [4.78, 5) is 7.60. The van der Waals surface area contributed by atoms with Crippen LogP contribution in [-0.4, -0.2) is 63.5 Å². The van der Waals surface area contributed by atoms with Gasteiger partial charge in [-0.1, -0.05) is 0 Å². The van der Waals surface area contributed by atoms with Gasteiger partial charge in [-0.15, -0.1) is 0 Å². The van der Waals surface area contributed by atoms with Gasteiger partial charge in [0.15, 0.2) is 0 Å². The first-order chi connectivity index (χ1) is 6.36.